The van der Waals surface area contributed by atoms with Gasteiger partial charge in [0.25, 0.3) is 0 Å². The summed E-state index contributed by atoms with van der Waals surface area (Å²) >= 11 is 0. The smallest absolute Gasteiger partial charge is 0.227 e. The lowest BCUT2D eigenvalue weighted by molar-refractivity contribution is -0.127. The van der Waals surface area contributed by atoms with Gasteiger partial charge in [-0.2, -0.15) is 0 Å². The van der Waals surface area contributed by atoms with Crippen LogP contribution < -0.4 is 5.32 Å². The van der Waals surface area contributed by atoms with Gasteiger partial charge in [-0.1, -0.05) is 0 Å². The molecule has 1 heterocycles. The number of carbonyl (C=O) groups is 2. The van der Waals surface area contributed by atoms with Crippen molar-refractivity contribution in [1.82, 2.24) is 14.9 Å². The molecule has 0 radical (unpaired) electrons. The van der Waals surface area contributed by atoms with Gasteiger partial charge in [-0.3, -0.25) is 9.59 Å². The predicted octanol–water partition coefficient (Wildman–Crippen LogP) is 0.0154. The average molecular weight is 195 g/mol. The van der Waals surface area contributed by atoms with Gasteiger partial charge in [-0.25, -0.2) is 4.98 Å². The summed E-state index contributed by atoms with van der Waals surface area (Å²) < 4.78 is 1.81. The SMILES string of the molecule is CC(=O)CC(=O)NCc1nccn1C. The largest absolute Gasteiger partial charge is 0.348 e. The molecule has 0 aliphatic rings. The maximum absolute atomic E-state index is 11.1. The monoisotopic (exact) mass is 195 g/mol. The van der Waals surface area contributed by atoms with E-state index in [1.54, 1.807) is 12.4 Å². The summed E-state index contributed by atoms with van der Waals surface area (Å²) in [5, 5.41) is 2.61. The first-order valence-electron chi connectivity index (χ1n) is 4.32. The Hall–Kier alpha value is -1.65. The number of nitrogens with one attached hydrogen (secondary N) is 1. The van der Waals surface area contributed by atoms with E-state index in [2.05, 4.69) is 10.3 Å². The molecule has 0 fully saturated rings. The fourth-order valence-electron chi connectivity index (χ4n) is 1.03. The van der Waals surface area contributed by atoms with Crippen LogP contribution in [0.1, 0.15) is 19.2 Å². The minimum Gasteiger partial charge on any atom is -0.348 e. The number of ketones is 1. The van der Waals surface area contributed by atoms with E-state index < -0.39 is 0 Å². The highest BCUT2D eigenvalue weighted by Crippen LogP contribution is 1.93. The number of Topliss-reactive ketones (excluding diaryl/α,β-unsaturated/α-hetero) is 1. The number of imidazole rings is 1. The van der Waals surface area contributed by atoms with E-state index in [0.29, 0.717) is 6.54 Å². The number of hydrogen-bond acceptors (Lipinski definition) is 3. The molecule has 5 nitrogen and oxygen atoms in total. The van der Waals surface area contributed by atoms with Crippen molar-refractivity contribution in [2.24, 2.45) is 7.05 Å². The highest BCUT2D eigenvalue weighted by Gasteiger charge is 2.05. The van der Waals surface area contributed by atoms with E-state index in [1.807, 2.05) is 11.6 Å². The number of aromatic nitrogens is 2. The molecule has 0 saturated heterocycles. The van der Waals surface area contributed by atoms with Crippen molar-refractivity contribution >= 4 is 11.7 Å². The Morgan fingerprint density at radius 2 is 2.29 bits per heavy atom. The van der Waals surface area contributed by atoms with E-state index in [9.17, 15) is 9.59 Å². The minimum atomic E-state index is -0.263. The zero-order chi connectivity index (χ0) is 10.6. The van der Waals surface area contributed by atoms with Crippen LogP contribution in [0.3, 0.4) is 0 Å². The molecule has 14 heavy (non-hydrogen) atoms. The minimum absolute atomic E-state index is 0.0651. The van der Waals surface area contributed by atoms with Gasteiger partial charge in [-0.05, 0) is 6.92 Å². The molecule has 1 N–H and O–H groups in total. The van der Waals surface area contributed by atoms with Gasteiger partial charge in [-0.15, -0.1) is 0 Å². The molecule has 0 unspecified atom stereocenters. The third-order valence-electron chi connectivity index (χ3n) is 1.77. The number of aryl methyl sites for hydroxylation is 1. The lowest BCUT2D eigenvalue weighted by Crippen LogP contribution is -2.25. The van der Waals surface area contributed by atoms with Crippen LogP contribution in [0.4, 0.5) is 0 Å². The Morgan fingerprint density at radius 1 is 1.57 bits per heavy atom. The second-order valence-corrected chi connectivity index (χ2v) is 3.11. The molecule has 1 rings (SSSR count). The third-order valence-corrected chi connectivity index (χ3v) is 1.77. The molecule has 0 aromatic carbocycles. The molecule has 0 aliphatic heterocycles. The molecule has 0 spiro atoms. The van der Waals surface area contributed by atoms with Crippen molar-refractivity contribution in [2.45, 2.75) is 19.9 Å². The topological polar surface area (TPSA) is 64.0 Å². The normalized spacial score (nSPS) is 9.86. The fraction of sp³-hybridized carbons (Fsp3) is 0.444. The Bertz CT molecular complexity index is 344. The van der Waals surface area contributed by atoms with Crippen LogP contribution in [-0.2, 0) is 23.2 Å². The van der Waals surface area contributed by atoms with Gasteiger partial charge in [0.2, 0.25) is 5.91 Å². The van der Waals surface area contributed by atoms with Crippen molar-refractivity contribution in [3.63, 3.8) is 0 Å². The van der Waals surface area contributed by atoms with E-state index in [-0.39, 0.29) is 18.1 Å². The van der Waals surface area contributed by atoms with Gasteiger partial charge in [0.1, 0.15) is 11.6 Å². The Balaban J connectivity index is 2.38. The van der Waals surface area contributed by atoms with E-state index in [1.165, 1.54) is 6.92 Å². The zero-order valence-electron chi connectivity index (χ0n) is 8.28. The van der Waals surface area contributed by atoms with Crippen LogP contribution in [0.2, 0.25) is 0 Å². The molecule has 1 aromatic heterocycles. The van der Waals surface area contributed by atoms with Crippen molar-refractivity contribution in [2.75, 3.05) is 0 Å². The number of nitrogens with zero attached hydrogens (tertiary/aromatic N) is 2. The first kappa shape index (κ1) is 10.4. The summed E-state index contributed by atoms with van der Waals surface area (Å²) in [6.07, 6.45) is 3.39. The predicted molar refractivity (Wildman–Crippen MR) is 50.4 cm³/mol. The second kappa shape index (κ2) is 4.55. The lowest BCUT2D eigenvalue weighted by atomic mass is 10.3. The number of amides is 1. The lowest BCUT2D eigenvalue weighted by Gasteiger charge is -2.03. The van der Waals surface area contributed by atoms with Crippen LogP contribution in [-0.4, -0.2) is 21.2 Å². The highest BCUT2D eigenvalue weighted by atomic mass is 16.2. The molecule has 0 atom stereocenters. The second-order valence-electron chi connectivity index (χ2n) is 3.11. The van der Waals surface area contributed by atoms with Crippen molar-refractivity contribution in [3.8, 4) is 0 Å². The van der Waals surface area contributed by atoms with Crippen molar-refractivity contribution in [3.05, 3.63) is 18.2 Å². The fourth-order valence-corrected chi connectivity index (χ4v) is 1.03. The molecular formula is C9H13N3O2. The first-order valence-corrected chi connectivity index (χ1v) is 4.32. The van der Waals surface area contributed by atoms with Crippen LogP contribution in [0.5, 0.6) is 0 Å². The summed E-state index contributed by atoms with van der Waals surface area (Å²) in [5.74, 6) is 0.366. The van der Waals surface area contributed by atoms with Gasteiger partial charge >= 0.3 is 0 Å². The quantitative estimate of drug-likeness (QED) is 0.688. The van der Waals surface area contributed by atoms with Crippen LogP contribution >= 0.6 is 0 Å². The van der Waals surface area contributed by atoms with Crippen LogP contribution in [0.15, 0.2) is 12.4 Å². The van der Waals surface area contributed by atoms with Crippen molar-refractivity contribution in [1.29, 1.82) is 0 Å². The Kier molecular flexibility index (Phi) is 3.39. The molecule has 0 bridgehead atoms. The standard InChI is InChI=1S/C9H13N3O2/c1-7(13)5-9(14)11-6-8-10-3-4-12(8)2/h3-4H,5-6H2,1-2H3,(H,11,14). The molecule has 5 heteroatoms. The van der Waals surface area contributed by atoms with Crippen LogP contribution in [0.25, 0.3) is 0 Å². The summed E-state index contributed by atoms with van der Waals surface area (Å²) in [7, 11) is 1.85. The maximum atomic E-state index is 11.1. The molecule has 0 aliphatic carbocycles. The van der Waals surface area contributed by atoms with Crippen LogP contribution in [0, 0.1) is 0 Å². The van der Waals surface area contributed by atoms with E-state index >= 15 is 0 Å². The molecular weight excluding hydrogens is 182 g/mol. The van der Waals surface area contributed by atoms with E-state index in [0.717, 1.165) is 5.82 Å². The number of hydrogen-bond donors (Lipinski definition) is 1. The molecule has 1 amide bonds. The van der Waals surface area contributed by atoms with Gasteiger partial charge in [0.15, 0.2) is 0 Å². The number of carbonyl (C=O) groups excluding carboxylic acids is 2. The zero-order valence-corrected chi connectivity index (χ0v) is 8.28. The van der Waals surface area contributed by atoms with E-state index in [4.69, 9.17) is 0 Å². The van der Waals surface area contributed by atoms with Crippen molar-refractivity contribution < 1.29 is 9.59 Å². The highest BCUT2D eigenvalue weighted by molar-refractivity contribution is 5.96. The summed E-state index contributed by atoms with van der Waals surface area (Å²) in [6, 6.07) is 0. The summed E-state index contributed by atoms with van der Waals surface area (Å²) in [5.41, 5.74) is 0. The Labute approximate surface area is 82.1 Å². The summed E-state index contributed by atoms with van der Waals surface area (Å²) in [4.78, 5) is 25.7. The van der Waals surface area contributed by atoms with Gasteiger partial charge in [0, 0.05) is 19.4 Å². The first-order chi connectivity index (χ1) is 6.59. The number of rotatable bonds is 4. The summed E-state index contributed by atoms with van der Waals surface area (Å²) in [6.45, 7) is 1.75. The average Bonchev–Trinajstić information content (AvgIpc) is 2.46. The van der Waals surface area contributed by atoms with Gasteiger partial charge in [0.05, 0.1) is 13.0 Å². The Morgan fingerprint density at radius 3 is 2.79 bits per heavy atom. The molecule has 1 aromatic rings. The maximum Gasteiger partial charge on any atom is 0.227 e. The molecule has 0 saturated carbocycles. The van der Waals surface area contributed by atoms with Gasteiger partial charge < -0.3 is 9.88 Å². The third kappa shape index (κ3) is 3.01. The molecule has 76 valence electrons.